The normalized spacial score (nSPS) is 17.4. The second kappa shape index (κ2) is 7.50. The van der Waals surface area contributed by atoms with Crippen LogP contribution in [0.3, 0.4) is 0 Å². The Kier molecular flexibility index (Phi) is 4.72. The predicted molar refractivity (Wildman–Crippen MR) is 120 cm³/mol. The standard InChI is InChI=1S/C26H18O6S/c27-19-9-5-17(6-10-19)26(24-4-2-1-3-23(24)25(29)32-26)18-7-13-21(14-8-18)33(30,31)22-15-11-20(28)12-16-22/h1-16,27-28H. The lowest BCUT2D eigenvalue weighted by molar-refractivity contribution is 0.0251. The van der Waals surface area contributed by atoms with Crippen LogP contribution in [0, 0.1) is 0 Å². The molecule has 1 atom stereocenters. The van der Waals surface area contributed by atoms with E-state index in [0.717, 1.165) is 0 Å². The number of esters is 1. The van der Waals surface area contributed by atoms with Gasteiger partial charge >= 0.3 is 5.97 Å². The van der Waals surface area contributed by atoms with Crippen molar-refractivity contribution in [2.75, 3.05) is 0 Å². The number of carbonyl (C=O) groups is 1. The Morgan fingerprint density at radius 3 is 1.67 bits per heavy atom. The first-order chi connectivity index (χ1) is 15.8. The van der Waals surface area contributed by atoms with E-state index in [1.807, 2.05) is 0 Å². The molecule has 1 aliphatic rings. The van der Waals surface area contributed by atoms with Crippen molar-refractivity contribution >= 4 is 15.8 Å². The fourth-order valence-electron chi connectivity index (χ4n) is 4.14. The van der Waals surface area contributed by atoms with E-state index in [0.29, 0.717) is 22.3 Å². The Balaban J connectivity index is 1.66. The molecule has 7 heteroatoms. The summed E-state index contributed by atoms with van der Waals surface area (Å²) in [4.78, 5) is 12.9. The van der Waals surface area contributed by atoms with Crippen LogP contribution in [0.1, 0.15) is 27.0 Å². The summed E-state index contributed by atoms with van der Waals surface area (Å²) in [6.07, 6.45) is 0. The molecule has 33 heavy (non-hydrogen) atoms. The number of phenols is 2. The van der Waals surface area contributed by atoms with Gasteiger partial charge < -0.3 is 14.9 Å². The predicted octanol–water partition coefficient (Wildman–Crippen LogP) is 4.39. The number of hydrogen-bond donors (Lipinski definition) is 2. The largest absolute Gasteiger partial charge is 0.508 e. The van der Waals surface area contributed by atoms with Crippen molar-refractivity contribution < 1.29 is 28.2 Å². The number of phenolic OH excluding ortho intramolecular Hbond substituents is 2. The Bertz CT molecular complexity index is 1460. The van der Waals surface area contributed by atoms with Crippen LogP contribution >= 0.6 is 0 Å². The van der Waals surface area contributed by atoms with Crippen molar-refractivity contribution in [2.24, 2.45) is 0 Å². The third-order valence-electron chi connectivity index (χ3n) is 5.76. The number of rotatable bonds is 4. The molecule has 4 aromatic carbocycles. The summed E-state index contributed by atoms with van der Waals surface area (Å²) in [5.74, 6) is -0.442. The van der Waals surface area contributed by atoms with E-state index >= 15 is 0 Å². The van der Waals surface area contributed by atoms with E-state index in [1.54, 1.807) is 48.5 Å². The molecule has 1 aliphatic heterocycles. The van der Waals surface area contributed by atoms with E-state index in [2.05, 4.69) is 0 Å². The first kappa shape index (κ1) is 20.8. The Hall–Kier alpha value is -4.10. The highest BCUT2D eigenvalue weighted by atomic mass is 32.2. The van der Waals surface area contributed by atoms with Crippen LogP contribution in [-0.4, -0.2) is 24.6 Å². The van der Waals surface area contributed by atoms with Crippen LogP contribution in [0.2, 0.25) is 0 Å². The van der Waals surface area contributed by atoms with Gasteiger partial charge in [-0.2, -0.15) is 0 Å². The van der Waals surface area contributed by atoms with Crippen molar-refractivity contribution in [2.45, 2.75) is 15.4 Å². The Morgan fingerprint density at radius 1 is 0.636 bits per heavy atom. The molecule has 0 bridgehead atoms. The Labute approximate surface area is 190 Å². The second-order valence-corrected chi connectivity index (χ2v) is 9.63. The van der Waals surface area contributed by atoms with Gasteiger partial charge in [-0.05, 0) is 54.6 Å². The third kappa shape index (κ3) is 3.25. The average molecular weight is 458 g/mol. The highest BCUT2D eigenvalue weighted by Crippen LogP contribution is 2.47. The molecule has 0 radical (unpaired) electrons. The van der Waals surface area contributed by atoms with Crippen LogP contribution in [0.25, 0.3) is 0 Å². The molecule has 5 rings (SSSR count). The summed E-state index contributed by atoms with van der Waals surface area (Å²) < 4.78 is 32.0. The maximum absolute atomic E-state index is 13.0. The van der Waals surface area contributed by atoms with Crippen molar-refractivity contribution in [1.82, 2.24) is 0 Å². The number of carbonyl (C=O) groups excluding carboxylic acids is 1. The molecule has 0 saturated heterocycles. The van der Waals surface area contributed by atoms with E-state index in [-0.39, 0.29) is 21.3 Å². The summed E-state index contributed by atoms with van der Waals surface area (Å²) in [6.45, 7) is 0. The molecule has 4 aromatic rings. The number of fused-ring (bicyclic) bond motifs is 1. The van der Waals surface area contributed by atoms with E-state index in [9.17, 15) is 23.4 Å². The van der Waals surface area contributed by atoms with Crippen LogP contribution in [0.15, 0.2) is 107 Å². The number of cyclic esters (lactones) is 1. The number of sulfone groups is 1. The number of aromatic hydroxyl groups is 2. The second-order valence-electron chi connectivity index (χ2n) is 7.68. The van der Waals surface area contributed by atoms with Gasteiger partial charge in [-0.25, -0.2) is 13.2 Å². The summed E-state index contributed by atoms with van der Waals surface area (Å²) >= 11 is 0. The average Bonchev–Trinajstić information content (AvgIpc) is 3.13. The lowest BCUT2D eigenvalue weighted by Gasteiger charge is -2.30. The van der Waals surface area contributed by atoms with Gasteiger partial charge in [-0.15, -0.1) is 0 Å². The molecule has 0 fully saturated rings. The monoisotopic (exact) mass is 458 g/mol. The van der Waals surface area contributed by atoms with Crippen molar-refractivity contribution in [3.8, 4) is 11.5 Å². The maximum Gasteiger partial charge on any atom is 0.340 e. The molecule has 164 valence electrons. The fourth-order valence-corrected chi connectivity index (χ4v) is 5.40. The molecule has 2 N–H and O–H groups in total. The number of hydrogen-bond acceptors (Lipinski definition) is 6. The van der Waals surface area contributed by atoms with Gasteiger partial charge in [0.1, 0.15) is 11.5 Å². The van der Waals surface area contributed by atoms with Gasteiger partial charge in [0.05, 0.1) is 15.4 Å². The molecule has 0 aliphatic carbocycles. The summed E-state index contributed by atoms with van der Waals surface area (Å²) in [5.41, 5.74) is 0.951. The van der Waals surface area contributed by atoms with E-state index in [1.165, 1.54) is 48.5 Å². The zero-order valence-corrected chi connectivity index (χ0v) is 18.0. The number of ether oxygens (including phenoxy) is 1. The summed E-state index contributed by atoms with van der Waals surface area (Å²) in [7, 11) is -3.81. The SMILES string of the molecule is O=C1OC(c2ccc(O)cc2)(c2ccc(S(=O)(=O)c3ccc(O)cc3)cc2)c2ccccc21. The van der Waals surface area contributed by atoms with Crippen LogP contribution in [0.5, 0.6) is 11.5 Å². The minimum atomic E-state index is -3.81. The van der Waals surface area contributed by atoms with Gasteiger partial charge in [0.25, 0.3) is 0 Å². The van der Waals surface area contributed by atoms with Gasteiger partial charge in [-0.1, -0.05) is 42.5 Å². The summed E-state index contributed by atoms with van der Waals surface area (Å²) in [5, 5.41) is 19.2. The minimum Gasteiger partial charge on any atom is -0.508 e. The van der Waals surface area contributed by atoms with Gasteiger partial charge in [0.2, 0.25) is 9.84 Å². The molecule has 0 spiro atoms. The highest BCUT2D eigenvalue weighted by molar-refractivity contribution is 7.91. The smallest absolute Gasteiger partial charge is 0.340 e. The molecular formula is C26H18O6S. The number of benzene rings is 4. The molecule has 1 heterocycles. The molecular weight excluding hydrogens is 440 g/mol. The minimum absolute atomic E-state index is 0.0261. The van der Waals surface area contributed by atoms with Gasteiger partial charge in [-0.3, -0.25) is 0 Å². The molecule has 1 unspecified atom stereocenters. The lowest BCUT2D eigenvalue weighted by Crippen LogP contribution is -2.29. The topological polar surface area (TPSA) is 101 Å². The molecule has 0 saturated carbocycles. The van der Waals surface area contributed by atoms with Crippen molar-refractivity contribution in [3.63, 3.8) is 0 Å². The highest BCUT2D eigenvalue weighted by Gasteiger charge is 2.48. The van der Waals surface area contributed by atoms with Gasteiger partial charge in [0, 0.05) is 16.7 Å². The van der Waals surface area contributed by atoms with Crippen molar-refractivity contribution in [1.29, 1.82) is 0 Å². The summed E-state index contributed by atoms with van der Waals surface area (Å²) in [6, 6.07) is 24.9. The maximum atomic E-state index is 13.0. The first-order valence-corrected chi connectivity index (χ1v) is 11.6. The van der Waals surface area contributed by atoms with E-state index < -0.39 is 21.4 Å². The lowest BCUT2D eigenvalue weighted by atomic mass is 9.80. The van der Waals surface area contributed by atoms with Crippen molar-refractivity contribution in [3.05, 3.63) is 119 Å². The van der Waals surface area contributed by atoms with Crippen LogP contribution in [0.4, 0.5) is 0 Å². The molecule has 0 amide bonds. The zero-order chi connectivity index (χ0) is 23.2. The third-order valence-corrected chi connectivity index (χ3v) is 7.55. The first-order valence-electron chi connectivity index (χ1n) is 10.1. The molecule has 0 aromatic heterocycles. The van der Waals surface area contributed by atoms with E-state index in [4.69, 9.17) is 4.74 Å². The van der Waals surface area contributed by atoms with Gasteiger partial charge in [0.15, 0.2) is 5.60 Å². The molecule has 6 nitrogen and oxygen atoms in total. The van der Waals surface area contributed by atoms with Crippen LogP contribution < -0.4 is 0 Å². The zero-order valence-electron chi connectivity index (χ0n) is 17.2. The quantitative estimate of drug-likeness (QED) is 0.440. The van der Waals surface area contributed by atoms with Crippen LogP contribution in [-0.2, 0) is 20.2 Å². The fraction of sp³-hybridized carbons (Fsp3) is 0.0385. The Morgan fingerprint density at radius 2 is 1.09 bits per heavy atom.